The fourth-order valence-electron chi connectivity index (χ4n) is 2.43. The van der Waals surface area contributed by atoms with Crippen LogP contribution in [0.4, 0.5) is 11.5 Å². The van der Waals surface area contributed by atoms with Gasteiger partial charge in [0.1, 0.15) is 5.15 Å². The zero-order chi connectivity index (χ0) is 11.8. The summed E-state index contributed by atoms with van der Waals surface area (Å²) in [5.74, 6) is 0.841. The molecule has 1 aliphatic heterocycles. The first kappa shape index (κ1) is 11.1. The van der Waals surface area contributed by atoms with Crippen molar-refractivity contribution in [3.05, 3.63) is 17.3 Å². The van der Waals surface area contributed by atoms with Gasteiger partial charge in [0, 0.05) is 32.2 Å². The summed E-state index contributed by atoms with van der Waals surface area (Å²) in [6.07, 6.45) is 2.75. The van der Waals surface area contributed by atoms with E-state index in [1.165, 1.54) is 12.8 Å². The van der Waals surface area contributed by atoms with Crippen molar-refractivity contribution in [2.24, 2.45) is 0 Å². The fraction of sp³-hybridized carbons (Fsp3) is 0.583. The zero-order valence-corrected chi connectivity index (χ0v) is 10.5. The number of nitrogen functional groups attached to an aromatic ring is 1. The monoisotopic (exact) mass is 252 g/mol. The lowest BCUT2D eigenvalue weighted by atomic mass is 10.3. The minimum Gasteiger partial charge on any atom is -0.396 e. The van der Waals surface area contributed by atoms with Crippen LogP contribution in [0.2, 0.25) is 5.15 Å². The Balaban J connectivity index is 1.70. The van der Waals surface area contributed by atoms with E-state index in [0.29, 0.717) is 10.8 Å². The number of hydrogen-bond donors (Lipinski definition) is 1. The maximum Gasteiger partial charge on any atom is 0.153 e. The van der Waals surface area contributed by atoms with Crippen molar-refractivity contribution in [2.45, 2.75) is 18.9 Å². The molecule has 3 rings (SSSR count). The Hall–Kier alpha value is -1.00. The molecular weight excluding hydrogens is 236 g/mol. The molecule has 1 saturated carbocycles. The second-order valence-corrected chi connectivity index (χ2v) is 5.19. The number of piperazine rings is 1. The maximum absolute atomic E-state index is 5.95. The first-order chi connectivity index (χ1) is 8.24. The van der Waals surface area contributed by atoms with E-state index in [9.17, 15) is 0 Å². The molecule has 0 atom stereocenters. The molecule has 0 bridgehead atoms. The van der Waals surface area contributed by atoms with Gasteiger partial charge in [-0.05, 0) is 25.0 Å². The van der Waals surface area contributed by atoms with E-state index < -0.39 is 0 Å². The van der Waals surface area contributed by atoms with Gasteiger partial charge in [0.15, 0.2) is 5.82 Å². The number of hydrogen-bond acceptors (Lipinski definition) is 4. The molecule has 2 fully saturated rings. The lowest BCUT2D eigenvalue weighted by Gasteiger charge is -2.35. The fourth-order valence-corrected chi connectivity index (χ4v) is 2.57. The van der Waals surface area contributed by atoms with Crippen molar-refractivity contribution in [1.29, 1.82) is 0 Å². The molecule has 0 unspecified atom stereocenters. The van der Waals surface area contributed by atoms with Gasteiger partial charge in [-0.15, -0.1) is 0 Å². The van der Waals surface area contributed by atoms with Crippen molar-refractivity contribution in [2.75, 3.05) is 36.8 Å². The summed E-state index contributed by atoms with van der Waals surface area (Å²) in [5.41, 5.74) is 6.67. The molecule has 17 heavy (non-hydrogen) atoms. The van der Waals surface area contributed by atoms with Gasteiger partial charge in [-0.1, -0.05) is 11.6 Å². The highest BCUT2D eigenvalue weighted by molar-refractivity contribution is 6.29. The Morgan fingerprint density at radius 2 is 1.88 bits per heavy atom. The second kappa shape index (κ2) is 4.35. The Bertz CT molecular complexity index is 411. The zero-order valence-electron chi connectivity index (χ0n) is 9.77. The summed E-state index contributed by atoms with van der Waals surface area (Å²) in [6.45, 7) is 4.21. The third-order valence-electron chi connectivity index (χ3n) is 3.55. The first-order valence-corrected chi connectivity index (χ1v) is 6.53. The molecule has 0 amide bonds. The van der Waals surface area contributed by atoms with Gasteiger partial charge in [-0.25, -0.2) is 4.98 Å². The van der Waals surface area contributed by atoms with Crippen LogP contribution < -0.4 is 10.6 Å². The van der Waals surface area contributed by atoms with Gasteiger partial charge in [0.05, 0.1) is 5.69 Å². The molecule has 4 nitrogen and oxygen atoms in total. The van der Waals surface area contributed by atoms with E-state index in [0.717, 1.165) is 38.0 Å². The van der Waals surface area contributed by atoms with E-state index in [1.807, 2.05) is 6.07 Å². The van der Waals surface area contributed by atoms with Crippen molar-refractivity contribution in [3.8, 4) is 0 Å². The molecule has 2 heterocycles. The predicted octanol–water partition coefficient (Wildman–Crippen LogP) is 1.60. The predicted molar refractivity (Wildman–Crippen MR) is 70.5 cm³/mol. The molecule has 0 radical (unpaired) electrons. The van der Waals surface area contributed by atoms with E-state index >= 15 is 0 Å². The number of anilines is 2. The largest absolute Gasteiger partial charge is 0.396 e. The molecule has 0 aromatic carbocycles. The summed E-state index contributed by atoms with van der Waals surface area (Å²) in [4.78, 5) is 9.13. The van der Waals surface area contributed by atoms with Crippen LogP contribution in [0.1, 0.15) is 12.8 Å². The van der Waals surface area contributed by atoms with Crippen LogP contribution in [-0.4, -0.2) is 42.1 Å². The van der Waals surface area contributed by atoms with Crippen LogP contribution in [0, 0.1) is 0 Å². The van der Waals surface area contributed by atoms with Crippen molar-refractivity contribution in [3.63, 3.8) is 0 Å². The van der Waals surface area contributed by atoms with Gasteiger partial charge in [-0.3, -0.25) is 4.90 Å². The van der Waals surface area contributed by atoms with Gasteiger partial charge in [-0.2, -0.15) is 0 Å². The molecule has 1 aromatic rings. The Labute approximate surface area is 106 Å². The topological polar surface area (TPSA) is 45.4 Å². The van der Waals surface area contributed by atoms with E-state index in [2.05, 4.69) is 14.8 Å². The highest BCUT2D eigenvalue weighted by Crippen LogP contribution is 2.29. The molecule has 1 saturated heterocycles. The lowest BCUT2D eigenvalue weighted by Crippen LogP contribution is -2.47. The van der Waals surface area contributed by atoms with E-state index in [1.54, 1.807) is 6.07 Å². The Kier molecular flexibility index (Phi) is 2.84. The minimum absolute atomic E-state index is 0.513. The number of pyridine rings is 1. The molecule has 0 spiro atoms. The number of nitrogens with two attached hydrogens (primary N) is 1. The minimum atomic E-state index is 0.513. The number of rotatable bonds is 2. The number of aromatic nitrogens is 1. The normalized spacial score (nSPS) is 21.8. The summed E-state index contributed by atoms with van der Waals surface area (Å²) in [6, 6.07) is 4.42. The van der Waals surface area contributed by atoms with Crippen LogP contribution in [-0.2, 0) is 0 Å². The number of halogens is 1. The van der Waals surface area contributed by atoms with Crippen LogP contribution in [0.15, 0.2) is 12.1 Å². The van der Waals surface area contributed by atoms with Gasteiger partial charge < -0.3 is 10.6 Å². The van der Waals surface area contributed by atoms with Crippen molar-refractivity contribution >= 4 is 23.1 Å². The summed E-state index contributed by atoms with van der Waals surface area (Å²) in [5, 5.41) is 0.513. The third kappa shape index (κ3) is 2.33. The van der Waals surface area contributed by atoms with Crippen LogP contribution in [0.25, 0.3) is 0 Å². The standard InChI is InChI=1S/C12H17ClN4/c13-11-4-3-10(14)12(15-11)17-7-5-16(6-8-17)9-1-2-9/h3-4,9H,1-2,5-8,14H2. The van der Waals surface area contributed by atoms with Crippen LogP contribution in [0.5, 0.6) is 0 Å². The van der Waals surface area contributed by atoms with Gasteiger partial charge in [0.25, 0.3) is 0 Å². The third-order valence-corrected chi connectivity index (χ3v) is 3.76. The Morgan fingerprint density at radius 3 is 2.53 bits per heavy atom. The molecule has 1 aliphatic carbocycles. The highest BCUT2D eigenvalue weighted by atomic mass is 35.5. The Morgan fingerprint density at radius 1 is 1.18 bits per heavy atom. The quantitative estimate of drug-likeness (QED) is 0.813. The number of nitrogens with zero attached hydrogens (tertiary/aromatic N) is 3. The second-order valence-electron chi connectivity index (χ2n) is 4.80. The van der Waals surface area contributed by atoms with Gasteiger partial charge >= 0.3 is 0 Å². The van der Waals surface area contributed by atoms with E-state index in [4.69, 9.17) is 17.3 Å². The molecular formula is C12H17ClN4. The van der Waals surface area contributed by atoms with Crippen LogP contribution >= 0.6 is 11.6 Å². The SMILES string of the molecule is Nc1ccc(Cl)nc1N1CCN(C2CC2)CC1. The van der Waals surface area contributed by atoms with Crippen molar-refractivity contribution < 1.29 is 0 Å². The first-order valence-electron chi connectivity index (χ1n) is 6.15. The average Bonchev–Trinajstić information content (AvgIpc) is 3.17. The summed E-state index contributed by atoms with van der Waals surface area (Å²) < 4.78 is 0. The molecule has 2 aliphatic rings. The average molecular weight is 253 g/mol. The molecule has 92 valence electrons. The lowest BCUT2D eigenvalue weighted by molar-refractivity contribution is 0.247. The van der Waals surface area contributed by atoms with Crippen molar-refractivity contribution in [1.82, 2.24) is 9.88 Å². The molecule has 2 N–H and O–H groups in total. The molecule has 1 aromatic heterocycles. The summed E-state index contributed by atoms with van der Waals surface area (Å²) in [7, 11) is 0. The van der Waals surface area contributed by atoms with Crippen LogP contribution in [0.3, 0.4) is 0 Å². The van der Waals surface area contributed by atoms with Gasteiger partial charge in [0.2, 0.25) is 0 Å². The highest BCUT2D eigenvalue weighted by Gasteiger charge is 2.31. The summed E-state index contributed by atoms with van der Waals surface area (Å²) >= 11 is 5.92. The van der Waals surface area contributed by atoms with E-state index in [-0.39, 0.29) is 0 Å². The smallest absolute Gasteiger partial charge is 0.153 e. The molecule has 5 heteroatoms. The maximum atomic E-state index is 5.95.